The van der Waals surface area contributed by atoms with E-state index in [9.17, 15) is 14.4 Å². The minimum Gasteiger partial charge on any atom is -0.444 e. The van der Waals surface area contributed by atoms with Gasteiger partial charge in [-0.3, -0.25) is 14.5 Å². The summed E-state index contributed by atoms with van der Waals surface area (Å²) >= 11 is 0. The van der Waals surface area contributed by atoms with Gasteiger partial charge < -0.3 is 15.4 Å². The first-order valence-corrected chi connectivity index (χ1v) is 10.0. The molecule has 2 atom stereocenters. The molecule has 164 valence electrons. The summed E-state index contributed by atoms with van der Waals surface area (Å²) in [4.78, 5) is 39.6. The van der Waals surface area contributed by atoms with Crippen LogP contribution >= 0.6 is 0 Å². The highest BCUT2D eigenvalue weighted by molar-refractivity contribution is 5.93. The molecule has 3 amide bonds. The third kappa shape index (κ3) is 7.43. The van der Waals surface area contributed by atoms with E-state index in [1.807, 2.05) is 19.9 Å². The summed E-state index contributed by atoms with van der Waals surface area (Å²) in [6, 6.07) is 9.01. The van der Waals surface area contributed by atoms with Gasteiger partial charge in [-0.05, 0) is 46.1 Å². The van der Waals surface area contributed by atoms with Crippen LogP contribution < -0.4 is 10.6 Å². The van der Waals surface area contributed by atoms with E-state index in [0.717, 1.165) is 4.90 Å². The molecule has 2 unspecified atom stereocenters. The Hall–Kier alpha value is -3.01. The number of nitrogens with zero attached hydrogens (tertiary/aromatic N) is 1. The summed E-state index contributed by atoms with van der Waals surface area (Å²) < 4.78 is 5.28. The predicted octanol–water partition coefficient (Wildman–Crippen LogP) is 3.22. The average Bonchev–Trinajstić information content (AvgIpc) is 2.61. The Balaban J connectivity index is 3.26. The maximum absolute atomic E-state index is 13.4. The molecule has 1 aromatic rings. The normalized spacial score (nSPS) is 13.2. The molecular formula is C23H33N3O4. The quantitative estimate of drug-likeness (QED) is 0.529. The van der Waals surface area contributed by atoms with E-state index >= 15 is 0 Å². The number of amides is 3. The first-order valence-electron chi connectivity index (χ1n) is 10.0. The minimum atomic E-state index is -1.03. The van der Waals surface area contributed by atoms with Gasteiger partial charge in [0.25, 0.3) is 5.91 Å². The molecule has 0 heterocycles. The molecule has 0 aromatic heterocycles. The van der Waals surface area contributed by atoms with E-state index in [1.54, 1.807) is 58.9 Å². The number of terminal acetylenes is 1. The van der Waals surface area contributed by atoms with Crippen molar-refractivity contribution in [2.45, 2.75) is 72.2 Å². The van der Waals surface area contributed by atoms with Crippen LogP contribution in [0.5, 0.6) is 0 Å². The smallest absolute Gasteiger partial charge is 0.408 e. The zero-order chi connectivity index (χ0) is 23.1. The number of hydrogen-bond donors (Lipinski definition) is 2. The molecule has 7 heteroatoms. The highest BCUT2D eigenvalue weighted by Crippen LogP contribution is 2.23. The lowest BCUT2D eigenvalue weighted by Gasteiger charge is -2.32. The summed E-state index contributed by atoms with van der Waals surface area (Å²) in [5.41, 5.74) is -0.147. The van der Waals surface area contributed by atoms with Crippen LogP contribution in [0.4, 0.5) is 4.79 Å². The van der Waals surface area contributed by atoms with Gasteiger partial charge in [-0.2, -0.15) is 0 Å². The third-order valence-corrected chi connectivity index (χ3v) is 4.03. The van der Waals surface area contributed by atoms with Crippen LogP contribution in [0.1, 0.15) is 60.1 Å². The Morgan fingerprint density at radius 1 is 1.03 bits per heavy atom. The van der Waals surface area contributed by atoms with Crippen molar-refractivity contribution in [2.75, 3.05) is 0 Å². The lowest BCUT2D eigenvalue weighted by Crippen LogP contribution is -2.53. The molecule has 0 saturated carbocycles. The minimum absolute atomic E-state index is 0.140. The van der Waals surface area contributed by atoms with Crippen molar-refractivity contribution in [1.82, 2.24) is 15.5 Å². The fraction of sp³-hybridized carbons (Fsp3) is 0.522. The zero-order valence-corrected chi connectivity index (χ0v) is 18.9. The fourth-order valence-electron chi connectivity index (χ4n) is 2.78. The van der Waals surface area contributed by atoms with Crippen LogP contribution in [-0.2, 0) is 14.3 Å². The number of alkyl carbamates (subject to hydrolysis) is 1. The largest absolute Gasteiger partial charge is 0.444 e. The highest BCUT2D eigenvalue weighted by Gasteiger charge is 2.37. The topological polar surface area (TPSA) is 87.7 Å². The third-order valence-electron chi connectivity index (χ3n) is 4.03. The molecule has 0 aliphatic rings. The monoisotopic (exact) mass is 415 g/mol. The van der Waals surface area contributed by atoms with Gasteiger partial charge in [0.15, 0.2) is 0 Å². The summed E-state index contributed by atoms with van der Waals surface area (Å²) in [7, 11) is 0. The second kappa shape index (κ2) is 10.7. The zero-order valence-electron chi connectivity index (χ0n) is 18.9. The summed E-state index contributed by atoms with van der Waals surface area (Å²) in [5, 5.41) is 5.40. The summed E-state index contributed by atoms with van der Waals surface area (Å²) in [6.07, 6.45) is 4.95. The van der Waals surface area contributed by atoms with Gasteiger partial charge in [0.1, 0.15) is 17.7 Å². The summed E-state index contributed by atoms with van der Waals surface area (Å²) in [6.45, 7) is 12.4. The number of carbonyl (C=O) groups is 3. The number of hydrogen-bond acceptors (Lipinski definition) is 4. The molecule has 0 saturated heterocycles. The first-order chi connectivity index (χ1) is 13.9. The van der Waals surface area contributed by atoms with Gasteiger partial charge >= 0.3 is 6.09 Å². The van der Waals surface area contributed by atoms with Crippen LogP contribution in [0.15, 0.2) is 30.3 Å². The van der Waals surface area contributed by atoms with Crippen LogP contribution in [0.3, 0.4) is 0 Å². The molecule has 0 radical (unpaired) electrons. The van der Waals surface area contributed by atoms with Crippen molar-refractivity contribution < 1.29 is 19.1 Å². The van der Waals surface area contributed by atoms with Crippen LogP contribution in [-0.4, -0.2) is 40.5 Å². The predicted molar refractivity (Wildman–Crippen MR) is 116 cm³/mol. The Morgan fingerprint density at radius 2 is 1.60 bits per heavy atom. The van der Waals surface area contributed by atoms with Crippen molar-refractivity contribution in [1.29, 1.82) is 0 Å². The standard InChI is InChI=1S/C23H33N3O4/c1-9-26(19(20(27)24-16(4)5)17-13-11-10-12-14-17)21(28)18(15(2)3)25-22(29)30-23(6,7)8/h1,10-16,18-19H,2-8H3,(H,24,27)(H,25,29). The van der Waals surface area contributed by atoms with Crippen molar-refractivity contribution in [3.8, 4) is 12.5 Å². The lowest BCUT2D eigenvalue weighted by molar-refractivity contribution is -0.139. The fourth-order valence-corrected chi connectivity index (χ4v) is 2.78. The van der Waals surface area contributed by atoms with Gasteiger partial charge in [0, 0.05) is 12.1 Å². The molecule has 0 aliphatic carbocycles. The molecule has 30 heavy (non-hydrogen) atoms. The molecular weight excluding hydrogens is 382 g/mol. The van der Waals surface area contributed by atoms with E-state index in [0.29, 0.717) is 5.56 Å². The Labute approximate surface area is 179 Å². The number of rotatable bonds is 7. The van der Waals surface area contributed by atoms with Crippen molar-refractivity contribution in [2.24, 2.45) is 5.92 Å². The lowest BCUT2D eigenvalue weighted by atomic mass is 9.99. The van der Waals surface area contributed by atoms with E-state index in [1.165, 1.54) is 0 Å². The van der Waals surface area contributed by atoms with Gasteiger partial charge in [-0.15, -0.1) is 0 Å². The molecule has 0 spiro atoms. The molecule has 1 rings (SSSR count). The van der Waals surface area contributed by atoms with Crippen LogP contribution in [0, 0.1) is 18.4 Å². The second-order valence-corrected chi connectivity index (χ2v) is 8.68. The second-order valence-electron chi connectivity index (χ2n) is 8.68. The van der Waals surface area contributed by atoms with Crippen molar-refractivity contribution >= 4 is 17.9 Å². The maximum Gasteiger partial charge on any atom is 0.408 e. The van der Waals surface area contributed by atoms with E-state index in [4.69, 9.17) is 11.2 Å². The van der Waals surface area contributed by atoms with Crippen LogP contribution in [0.25, 0.3) is 0 Å². The van der Waals surface area contributed by atoms with Gasteiger partial charge in [0.05, 0.1) is 0 Å². The van der Waals surface area contributed by atoms with E-state index in [-0.39, 0.29) is 12.0 Å². The molecule has 0 aliphatic heterocycles. The molecule has 1 aromatic carbocycles. The van der Waals surface area contributed by atoms with Gasteiger partial charge in [0.2, 0.25) is 5.91 Å². The Morgan fingerprint density at radius 3 is 2.03 bits per heavy atom. The number of nitrogens with one attached hydrogen (secondary N) is 2. The van der Waals surface area contributed by atoms with Gasteiger partial charge in [-0.25, -0.2) is 4.79 Å². The number of carbonyl (C=O) groups excluding carboxylic acids is 3. The van der Waals surface area contributed by atoms with Crippen molar-refractivity contribution in [3.05, 3.63) is 35.9 Å². The Bertz CT molecular complexity index is 776. The van der Waals surface area contributed by atoms with E-state index < -0.39 is 35.6 Å². The molecule has 0 bridgehead atoms. The highest BCUT2D eigenvalue weighted by atomic mass is 16.6. The maximum atomic E-state index is 13.4. The average molecular weight is 416 g/mol. The Kier molecular flexibility index (Phi) is 8.91. The number of ether oxygens (including phenoxy) is 1. The molecule has 0 fully saturated rings. The molecule has 7 nitrogen and oxygen atoms in total. The van der Waals surface area contributed by atoms with E-state index in [2.05, 4.69) is 16.7 Å². The molecule has 2 N–H and O–H groups in total. The first kappa shape index (κ1) is 25.0. The van der Waals surface area contributed by atoms with Crippen molar-refractivity contribution in [3.63, 3.8) is 0 Å². The number of benzene rings is 1. The van der Waals surface area contributed by atoms with Crippen LogP contribution in [0.2, 0.25) is 0 Å². The summed E-state index contributed by atoms with van der Waals surface area (Å²) in [5.74, 6) is -1.25. The SMILES string of the molecule is C#CN(C(=O)C(NC(=O)OC(C)(C)C)C(C)C)C(C(=O)NC(C)C)c1ccccc1. The van der Waals surface area contributed by atoms with Gasteiger partial charge in [-0.1, -0.05) is 50.6 Å².